The Labute approximate surface area is 367 Å². The number of carbonyl (C=O) groups excluding carboxylic acids is 8. The monoisotopic (exact) mass is 889 g/mol. The zero-order chi connectivity index (χ0) is 47.9. The fourth-order valence-electron chi connectivity index (χ4n) is 6.92. The van der Waals surface area contributed by atoms with Crippen LogP contribution < -0.4 is 43.4 Å². The molecule has 1 aliphatic heterocycles. The molecule has 1 fully saturated rings. The number of rotatable bonds is 24. The summed E-state index contributed by atoms with van der Waals surface area (Å²) < 4.78 is 0. The number of amides is 8. The van der Waals surface area contributed by atoms with Gasteiger partial charge in [0.05, 0.1) is 18.6 Å². The average Bonchev–Trinajstić information content (AvgIpc) is 3.68. The lowest BCUT2D eigenvalue weighted by Crippen LogP contribution is -2.62. The van der Waals surface area contributed by atoms with E-state index in [1.165, 1.54) is 43.0 Å². The van der Waals surface area contributed by atoms with E-state index in [9.17, 15) is 58.5 Å². The Morgan fingerprint density at radius 3 is 1.65 bits per heavy atom. The van der Waals surface area contributed by atoms with Crippen molar-refractivity contribution in [3.63, 3.8) is 0 Å². The quantitative estimate of drug-likeness (QED) is 0.0551. The van der Waals surface area contributed by atoms with Gasteiger partial charge in [-0.15, -0.1) is 0 Å². The van der Waals surface area contributed by atoms with E-state index >= 15 is 0 Å². The highest BCUT2D eigenvalue weighted by molar-refractivity contribution is 5.99. The van der Waals surface area contributed by atoms with Crippen molar-refractivity contribution in [1.82, 2.24) is 36.8 Å². The maximum atomic E-state index is 14.1. The van der Waals surface area contributed by atoms with Gasteiger partial charge in [-0.2, -0.15) is 0 Å². The third kappa shape index (κ3) is 17.1. The number of carbonyl (C=O) groups is 9. The fourth-order valence-corrected chi connectivity index (χ4v) is 6.92. The summed E-state index contributed by atoms with van der Waals surface area (Å²) in [5, 5.41) is 45.0. The zero-order valence-corrected chi connectivity index (χ0v) is 37.3. The number of aliphatic hydroxyl groups excluding tert-OH is 1. The summed E-state index contributed by atoms with van der Waals surface area (Å²) in [5.74, 6) is -9.04. The van der Waals surface area contributed by atoms with Gasteiger partial charge in [0.2, 0.25) is 47.3 Å². The first kappa shape index (κ1) is 53.3. The number of phenols is 1. The summed E-state index contributed by atoms with van der Waals surface area (Å²) in [6.07, 6.45) is -1.48. The molecule has 0 saturated carbocycles. The Bertz CT molecular complexity index is 1790. The smallest absolute Gasteiger partial charge is 0.326 e. The maximum Gasteiger partial charge on any atom is 0.326 e. The van der Waals surface area contributed by atoms with Crippen LogP contribution in [-0.4, -0.2) is 134 Å². The van der Waals surface area contributed by atoms with E-state index in [2.05, 4.69) is 31.9 Å². The summed E-state index contributed by atoms with van der Waals surface area (Å²) in [4.78, 5) is 120. The molecule has 1 aromatic rings. The van der Waals surface area contributed by atoms with Gasteiger partial charge in [-0.3, -0.25) is 38.4 Å². The molecule has 9 atom stereocenters. The molecule has 0 unspecified atom stereocenters. The number of primary amides is 1. The minimum Gasteiger partial charge on any atom is -0.508 e. The second-order valence-electron chi connectivity index (χ2n) is 17.3. The lowest BCUT2D eigenvalue weighted by molar-refractivity contribution is -0.149. The standard InChI is InChI=1S/C42H67N9O12/c1-20(2)16-27(47-39(59)33(22(5)6)49-40(60)34(24(8)52)50-35(55)23(7)43)36(56)46-29(19-32(44)54)38(58)45-28(18-25-11-13-26(53)14-12-25)37(57)48-30(17-21(3)4)41(61)51-15-9-10-31(51)42(62)63/h11-14,20-24,27-31,33-34,52-53H,9-10,15-19,43H2,1-8H3,(H2,44,54)(H,45,58)(H,46,56)(H,47,59)(H,48,57)(H,49,60)(H,50,55)(H,62,63)/t23-,24+,27-,28-,29-,30-,31-,33-,34-/m0/s1. The number of aliphatic carboxylic acids is 1. The van der Waals surface area contributed by atoms with Gasteiger partial charge in [0.25, 0.3) is 0 Å². The number of carboxylic acids is 1. The minimum atomic E-state index is -1.69. The molecule has 13 N–H and O–H groups in total. The SMILES string of the molecule is CC(C)C[C@H](NC(=O)[C@@H](NC(=O)[C@@H](NC(=O)[C@H](C)N)[C@@H](C)O)C(C)C)C(=O)N[C@@H](CC(N)=O)C(=O)N[C@@H](Cc1ccc(O)cc1)C(=O)N[C@@H](CC(C)C)C(=O)N1CCC[C@H]1C(=O)O. The molecular formula is C42H67N9O12. The summed E-state index contributed by atoms with van der Waals surface area (Å²) >= 11 is 0. The number of phenolic OH excluding ortho intramolecular Hbond substituents is 1. The second kappa shape index (κ2) is 24.7. The lowest BCUT2D eigenvalue weighted by atomic mass is 9.98. The van der Waals surface area contributed by atoms with Gasteiger partial charge in [-0.25, -0.2) is 4.79 Å². The van der Waals surface area contributed by atoms with E-state index in [4.69, 9.17) is 11.5 Å². The molecule has 352 valence electrons. The van der Waals surface area contributed by atoms with E-state index in [-0.39, 0.29) is 49.8 Å². The van der Waals surface area contributed by atoms with Crippen molar-refractivity contribution in [2.45, 2.75) is 148 Å². The molecule has 0 aliphatic carbocycles. The number of carboxylic acid groups (broad SMARTS) is 1. The molecule has 2 rings (SSSR count). The van der Waals surface area contributed by atoms with E-state index in [1.54, 1.807) is 27.7 Å². The average molecular weight is 890 g/mol. The number of benzene rings is 1. The highest BCUT2D eigenvalue weighted by atomic mass is 16.4. The predicted octanol–water partition coefficient (Wildman–Crippen LogP) is -1.73. The third-order valence-corrected chi connectivity index (χ3v) is 10.3. The maximum absolute atomic E-state index is 14.1. The van der Waals surface area contributed by atoms with Crippen molar-refractivity contribution in [1.29, 1.82) is 0 Å². The molecule has 0 spiro atoms. The largest absolute Gasteiger partial charge is 0.508 e. The van der Waals surface area contributed by atoms with Crippen LogP contribution in [0.1, 0.15) is 93.1 Å². The Morgan fingerprint density at radius 1 is 0.667 bits per heavy atom. The third-order valence-electron chi connectivity index (χ3n) is 10.3. The van der Waals surface area contributed by atoms with Crippen LogP contribution in [0.3, 0.4) is 0 Å². The zero-order valence-electron chi connectivity index (χ0n) is 37.3. The lowest BCUT2D eigenvalue weighted by Gasteiger charge is -2.30. The molecule has 1 aliphatic rings. The molecule has 63 heavy (non-hydrogen) atoms. The van der Waals surface area contributed by atoms with Gasteiger partial charge in [-0.05, 0) is 75.0 Å². The normalized spacial score (nSPS) is 17.6. The number of nitrogens with one attached hydrogen (secondary N) is 6. The molecule has 1 heterocycles. The van der Waals surface area contributed by atoms with Gasteiger partial charge >= 0.3 is 5.97 Å². The number of nitrogens with two attached hydrogens (primary N) is 2. The molecule has 21 heteroatoms. The van der Waals surface area contributed by atoms with Gasteiger partial charge < -0.3 is 63.6 Å². The first-order chi connectivity index (χ1) is 29.3. The minimum absolute atomic E-state index is 0.0128. The topological polar surface area (TPSA) is 342 Å². The Balaban J connectivity index is 2.42. The Hall–Kier alpha value is -5.83. The number of aliphatic hydroxyl groups is 1. The van der Waals surface area contributed by atoms with Crippen molar-refractivity contribution >= 4 is 53.2 Å². The van der Waals surface area contributed by atoms with Crippen molar-refractivity contribution in [3.05, 3.63) is 29.8 Å². The van der Waals surface area contributed by atoms with Crippen molar-refractivity contribution in [3.8, 4) is 5.75 Å². The van der Waals surface area contributed by atoms with Gasteiger partial charge in [-0.1, -0.05) is 53.7 Å². The van der Waals surface area contributed by atoms with E-state index < -0.39 is 120 Å². The number of aromatic hydroxyl groups is 1. The van der Waals surface area contributed by atoms with E-state index in [0.717, 1.165) is 0 Å². The number of likely N-dealkylation sites (tertiary alicyclic amines) is 1. The molecule has 0 aromatic heterocycles. The van der Waals surface area contributed by atoms with E-state index in [1.807, 2.05) is 13.8 Å². The van der Waals surface area contributed by atoms with Crippen molar-refractivity contribution in [2.75, 3.05) is 6.54 Å². The summed E-state index contributed by atoms with van der Waals surface area (Å²) in [6, 6.07) is -4.79. The number of nitrogens with zero attached hydrogens (tertiary/aromatic N) is 1. The van der Waals surface area contributed by atoms with Crippen LogP contribution in [0, 0.1) is 17.8 Å². The Kier molecular flexibility index (Phi) is 20.9. The van der Waals surface area contributed by atoms with Gasteiger partial charge in [0.15, 0.2) is 0 Å². The van der Waals surface area contributed by atoms with Crippen LogP contribution in [0.2, 0.25) is 0 Å². The molecule has 0 bridgehead atoms. The first-order valence-corrected chi connectivity index (χ1v) is 21.2. The second-order valence-corrected chi connectivity index (χ2v) is 17.3. The highest BCUT2D eigenvalue weighted by Gasteiger charge is 2.40. The molecule has 1 saturated heterocycles. The van der Waals surface area contributed by atoms with Gasteiger partial charge in [0, 0.05) is 13.0 Å². The van der Waals surface area contributed by atoms with E-state index in [0.29, 0.717) is 12.0 Å². The molecule has 8 amide bonds. The Morgan fingerprint density at radius 2 is 1.14 bits per heavy atom. The van der Waals surface area contributed by atoms with Crippen molar-refractivity contribution in [2.24, 2.45) is 29.2 Å². The molecule has 1 aromatic carbocycles. The van der Waals surface area contributed by atoms with Crippen LogP contribution >= 0.6 is 0 Å². The molecule has 0 radical (unpaired) electrons. The van der Waals surface area contributed by atoms with Crippen LogP contribution in [0.25, 0.3) is 0 Å². The highest BCUT2D eigenvalue weighted by Crippen LogP contribution is 2.21. The summed E-state index contributed by atoms with van der Waals surface area (Å²) in [6.45, 7) is 13.2. The summed E-state index contributed by atoms with van der Waals surface area (Å²) in [5.41, 5.74) is 11.6. The number of hydrogen-bond acceptors (Lipinski definition) is 12. The first-order valence-electron chi connectivity index (χ1n) is 21.2. The van der Waals surface area contributed by atoms with Crippen molar-refractivity contribution < 1.29 is 58.5 Å². The fraction of sp³-hybridized carbons (Fsp3) is 0.643. The summed E-state index contributed by atoms with van der Waals surface area (Å²) in [7, 11) is 0. The number of hydrogen-bond donors (Lipinski definition) is 11. The van der Waals surface area contributed by atoms with Gasteiger partial charge in [0.1, 0.15) is 48.0 Å². The van der Waals surface area contributed by atoms with Crippen LogP contribution in [0.5, 0.6) is 5.75 Å². The molecule has 21 nitrogen and oxygen atoms in total. The molecular weight excluding hydrogens is 823 g/mol. The van der Waals surface area contributed by atoms with Crippen LogP contribution in [0.15, 0.2) is 24.3 Å². The van der Waals surface area contributed by atoms with Crippen LogP contribution in [0.4, 0.5) is 0 Å². The predicted molar refractivity (Wildman–Crippen MR) is 229 cm³/mol. The van der Waals surface area contributed by atoms with Crippen LogP contribution in [-0.2, 0) is 49.6 Å².